The molecular weight excluding hydrogens is 370 g/mol. The molecule has 1 N–H and O–H groups in total. The highest BCUT2D eigenvalue weighted by Crippen LogP contribution is 2.38. The van der Waals surface area contributed by atoms with Crippen LogP contribution < -0.4 is 15.8 Å². The van der Waals surface area contributed by atoms with Crippen LogP contribution in [-0.2, 0) is 11.3 Å². The van der Waals surface area contributed by atoms with E-state index >= 15 is 0 Å². The first-order valence-corrected chi connectivity index (χ1v) is 10.2. The van der Waals surface area contributed by atoms with Crippen molar-refractivity contribution in [3.05, 3.63) is 40.2 Å². The predicted molar refractivity (Wildman–Crippen MR) is 110 cm³/mol. The summed E-state index contributed by atoms with van der Waals surface area (Å²) in [5, 5.41) is 3.15. The Bertz CT molecular complexity index is 946. The number of carbonyl (C=O) groups is 1. The van der Waals surface area contributed by atoms with Gasteiger partial charge >= 0.3 is 0 Å². The van der Waals surface area contributed by atoms with Gasteiger partial charge in [-0.25, -0.2) is 9.97 Å². The molecule has 0 bridgehead atoms. The zero-order valence-electron chi connectivity index (χ0n) is 17.0. The number of nitrogens with one attached hydrogen (secondary N) is 1. The summed E-state index contributed by atoms with van der Waals surface area (Å²) in [6.07, 6.45) is 3.71. The van der Waals surface area contributed by atoms with E-state index in [1.54, 1.807) is 11.0 Å². The van der Waals surface area contributed by atoms with Gasteiger partial charge in [-0.3, -0.25) is 14.2 Å². The number of aryl methyl sites for hydroxylation is 1. The van der Waals surface area contributed by atoms with Crippen molar-refractivity contribution in [3.8, 4) is 0 Å². The highest BCUT2D eigenvalue weighted by atomic mass is 16.2. The number of nitrogens with zero attached hydrogens (tertiary/aromatic N) is 6. The van der Waals surface area contributed by atoms with Gasteiger partial charge in [-0.05, 0) is 26.7 Å². The summed E-state index contributed by atoms with van der Waals surface area (Å²) in [6, 6.07) is 3.53. The molecule has 9 heteroatoms. The number of hydrogen-bond acceptors (Lipinski definition) is 7. The smallest absolute Gasteiger partial charge is 0.254 e. The summed E-state index contributed by atoms with van der Waals surface area (Å²) < 4.78 is 1.40. The molecule has 0 atom stereocenters. The Hall–Kier alpha value is -2.97. The molecule has 0 radical (unpaired) electrons. The van der Waals surface area contributed by atoms with E-state index in [2.05, 4.69) is 25.2 Å². The molecule has 0 spiro atoms. The molecule has 4 rings (SSSR count). The third kappa shape index (κ3) is 4.55. The lowest BCUT2D eigenvalue weighted by Gasteiger charge is -2.35. The molecule has 29 heavy (non-hydrogen) atoms. The third-order valence-electron chi connectivity index (χ3n) is 5.33. The van der Waals surface area contributed by atoms with Crippen LogP contribution in [0, 0.1) is 6.92 Å². The number of piperazine rings is 1. The van der Waals surface area contributed by atoms with Crippen molar-refractivity contribution in [2.45, 2.75) is 39.2 Å². The van der Waals surface area contributed by atoms with E-state index in [4.69, 9.17) is 0 Å². The van der Waals surface area contributed by atoms with Crippen LogP contribution in [-0.4, -0.2) is 63.0 Å². The zero-order chi connectivity index (χ0) is 20.4. The number of hydrogen-bond donors (Lipinski definition) is 1. The van der Waals surface area contributed by atoms with Gasteiger partial charge in [0.25, 0.3) is 5.56 Å². The molecule has 2 aromatic rings. The average molecular weight is 397 g/mol. The van der Waals surface area contributed by atoms with Crippen molar-refractivity contribution in [2.24, 2.45) is 0 Å². The Balaban J connectivity index is 1.36. The highest BCUT2D eigenvalue weighted by molar-refractivity contribution is 5.76. The lowest BCUT2D eigenvalue weighted by molar-refractivity contribution is -0.132. The molecule has 9 nitrogen and oxygen atoms in total. The van der Waals surface area contributed by atoms with Gasteiger partial charge in [0, 0.05) is 56.5 Å². The second-order valence-corrected chi connectivity index (χ2v) is 7.64. The van der Waals surface area contributed by atoms with Crippen molar-refractivity contribution >= 4 is 17.7 Å². The fraction of sp³-hybridized carbons (Fsp3) is 0.550. The second-order valence-electron chi connectivity index (χ2n) is 7.64. The summed E-state index contributed by atoms with van der Waals surface area (Å²) in [5.41, 5.74) is 1.61. The lowest BCUT2D eigenvalue weighted by atomic mass is 10.2. The fourth-order valence-corrected chi connectivity index (χ4v) is 3.54. The number of amides is 1. The van der Waals surface area contributed by atoms with Crippen molar-refractivity contribution in [2.75, 3.05) is 42.9 Å². The molecule has 1 saturated heterocycles. The first-order chi connectivity index (χ1) is 14.0. The first-order valence-electron chi connectivity index (χ1n) is 10.2. The first kappa shape index (κ1) is 19.4. The van der Waals surface area contributed by atoms with E-state index in [0.29, 0.717) is 38.0 Å². The summed E-state index contributed by atoms with van der Waals surface area (Å²) in [7, 11) is 0. The molecule has 1 aliphatic heterocycles. The number of aromatic nitrogens is 4. The van der Waals surface area contributed by atoms with Gasteiger partial charge in [0.1, 0.15) is 12.4 Å². The zero-order valence-corrected chi connectivity index (χ0v) is 17.0. The SMILES string of the molecule is CCNc1nc(C)cc(N2CCN(C(=O)Cn3cnc(C4CC4)cc3=O)CC2)n1. The average Bonchev–Trinajstić information content (AvgIpc) is 3.55. The van der Waals surface area contributed by atoms with Crippen LogP contribution in [0.3, 0.4) is 0 Å². The molecule has 154 valence electrons. The Morgan fingerprint density at radius 1 is 1.17 bits per heavy atom. The molecule has 2 aromatic heterocycles. The molecule has 1 saturated carbocycles. The van der Waals surface area contributed by atoms with Crippen LogP contribution in [0.15, 0.2) is 23.3 Å². The molecule has 3 heterocycles. The van der Waals surface area contributed by atoms with Crippen molar-refractivity contribution in [1.29, 1.82) is 0 Å². The minimum atomic E-state index is -0.152. The van der Waals surface area contributed by atoms with Gasteiger partial charge in [0.15, 0.2) is 0 Å². The van der Waals surface area contributed by atoms with E-state index < -0.39 is 0 Å². The molecule has 2 aliphatic rings. The second kappa shape index (κ2) is 8.18. The van der Waals surface area contributed by atoms with Crippen LogP contribution >= 0.6 is 0 Å². The number of carbonyl (C=O) groups excluding carboxylic acids is 1. The van der Waals surface area contributed by atoms with Gasteiger partial charge in [-0.15, -0.1) is 0 Å². The lowest BCUT2D eigenvalue weighted by Crippen LogP contribution is -2.50. The van der Waals surface area contributed by atoms with Gasteiger partial charge in [-0.2, -0.15) is 4.98 Å². The normalized spacial score (nSPS) is 16.8. The summed E-state index contributed by atoms with van der Waals surface area (Å²) in [6.45, 7) is 7.35. The minimum Gasteiger partial charge on any atom is -0.354 e. The Kier molecular flexibility index (Phi) is 5.46. The van der Waals surface area contributed by atoms with Crippen LogP contribution in [0.2, 0.25) is 0 Å². The molecule has 1 amide bonds. The Morgan fingerprint density at radius 3 is 2.59 bits per heavy atom. The van der Waals surface area contributed by atoms with Crippen molar-refractivity contribution in [1.82, 2.24) is 24.4 Å². The van der Waals surface area contributed by atoms with Crippen LogP contribution in [0.25, 0.3) is 0 Å². The third-order valence-corrected chi connectivity index (χ3v) is 5.33. The standard InChI is InChI=1S/C20H27N7O2/c1-3-21-20-23-14(2)10-17(24-20)25-6-8-26(9-7-25)19(29)12-27-13-22-16(11-18(27)28)15-4-5-15/h10-11,13,15H,3-9,12H2,1-2H3,(H,21,23,24). The van der Waals surface area contributed by atoms with Gasteiger partial charge in [0.05, 0.1) is 12.0 Å². The van der Waals surface area contributed by atoms with E-state index in [1.807, 2.05) is 19.9 Å². The minimum absolute atomic E-state index is 0.0357. The van der Waals surface area contributed by atoms with E-state index in [1.165, 1.54) is 10.9 Å². The van der Waals surface area contributed by atoms with Crippen LogP contribution in [0.1, 0.15) is 37.1 Å². The molecule has 0 aromatic carbocycles. The van der Waals surface area contributed by atoms with Gasteiger partial charge in [0.2, 0.25) is 11.9 Å². The summed E-state index contributed by atoms with van der Waals surface area (Å²) in [5.74, 6) is 1.87. The van der Waals surface area contributed by atoms with Crippen molar-refractivity contribution in [3.63, 3.8) is 0 Å². The summed E-state index contributed by atoms with van der Waals surface area (Å²) in [4.78, 5) is 42.2. The highest BCUT2D eigenvalue weighted by Gasteiger charge is 2.26. The monoisotopic (exact) mass is 397 g/mol. The van der Waals surface area contributed by atoms with Crippen LogP contribution in [0.4, 0.5) is 11.8 Å². The fourth-order valence-electron chi connectivity index (χ4n) is 3.54. The number of rotatable bonds is 6. The topological polar surface area (TPSA) is 96.3 Å². The Labute approximate surface area is 169 Å². The maximum Gasteiger partial charge on any atom is 0.254 e. The van der Waals surface area contributed by atoms with Crippen LogP contribution in [0.5, 0.6) is 0 Å². The number of anilines is 2. The van der Waals surface area contributed by atoms with E-state index in [0.717, 1.165) is 36.6 Å². The largest absolute Gasteiger partial charge is 0.354 e. The Morgan fingerprint density at radius 2 is 1.93 bits per heavy atom. The maximum atomic E-state index is 12.7. The van der Waals surface area contributed by atoms with E-state index in [9.17, 15) is 9.59 Å². The molecule has 2 fully saturated rings. The molecule has 0 unspecified atom stereocenters. The maximum absolute atomic E-state index is 12.7. The summed E-state index contributed by atoms with van der Waals surface area (Å²) >= 11 is 0. The van der Waals surface area contributed by atoms with Gasteiger partial charge in [-0.1, -0.05) is 0 Å². The quantitative estimate of drug-likeness (QED) is 0.777. The predicted octanol–water partition coefficient (Wildman–Crippen LogP) is 1.000. The van der Waals surface area contributed by atoms with Gasteiger partial charge < -0.3 is 15.1 Å². The molecule has 1 aliphatic carbocycles. The van der Waals surface area contributed by atoms with Crippen molar-refractivity contribution < 1.29 is 4.79 Å². The van der Waals surface area contributed by atoms with E-state index in [-0.39, 0.29) is 18.0 Å². The molecular formula is C20H27N7O2.